The van der Waals surface area contributed by atoms with Crippen molar-refractivity contribution in [1.29, 1.82) is 0 Å². The van der Waals surface area contributed by atoms with Crippen molar-refractivity contribution >= 4 is 34.5 Å². The number of halogens is 1. The molecule has 1 rings (SSSR count). The Hall–Kier alpha value is -1.18. The van der Waals surface area contributed by atoms with Gasteiger partial charge in [0.05, 0.1) is 7.11 Å². The number of rotatable bonds is 4. The van der Waals surface area contributed by atoms with Crippen LogP contribution in [0.4, 0.5) is 0 Å². The Morgan fingerprint density at radius 3 is 2.67 bits per heavy atom. The molecule has 1 aromatic rings. The van der Waals surface area contributed by atoms with Crippen LogP contribution in [0.15, 0.2) is 12.1 Å². The maximum Gasteiger partial charge on any atom is 0.320 e. The van der Waals surface area contributed by atoms with Gasteiger partial charge in [-0.1, -0.05) is 22.6 Å². The number of aromatic nitrogens is 1. The number of alkyl halides is 1. The fraction of sp³-hybridized carbons (Fsp3) is 0.417. The molecule has 1 aromatic heterocycles. The van der Waals surface area contributed by atoms with E-state index in [2.05, 4.69) is 15.0 Å². The summed E-state index contributed by atoms with van der Waals surface area (Å²) >= 11 is 1.92. The molecule has 1 N–H and O–H groups in total. The first-order valence-corrected chi connectivity index (χ1v) is 6.64. The minimum atomic E-state index is -0.401. The van der Waals surface area contributed by atoms with E-state index in [0.717, 1.165) is 11.3 Å². The van der Waals surface area contributed by atoms with Gasteiger partial charge in [-0.3, -0.25) is 9.59 Å². The van der Waals surface area contributed by atoms with E-state index in [4.69, 9.17) is 0 Å². The molecule has 1 heterocycles. The molecule has 5 nitrogen and oxygen atoms in total. The normalized spacial score (nSPS) is 11.8. The number of amides is 1. The zero-order valence-electron chi connectivity index (χ0n) is 10.5. The minimum Gasteiger partial charge on any atom is -0.468 e. The first-order valence-electron chi connectivity index (χ1n) is 5.39. The number of nitrogens with zero attached hydrogens (tertiary/aromatic N) is 1. The highest BCUT2D eigenvalue weighted by Crippen LogP contribution is 2.05. The van der Waals surface area contributed by atoms with Crippen LogP contribution in [0.1, 0.15) is 21.7 Å². The molecular weight excluding hydrogens is 347 g/mol. The fourth-order valence-corrected chi connectivity index (χ4v) is 1.92. The third kappa shape index (κ3) is 4.25. The van der Waals surface area contributed by atoms with Crippen molar-refractivity contribution in [2.24, 2.45) is 0 Å². The first-order chi connectivity index (χ1) is 8.43. The number of pyridine rings is 1. The van der Waals surface area contributed by atoms with Gasteiger partial charge < -0.3 is 10.1 Å². The van der Waals surface area contributed by atoms with Gasteiger partial charge in [0, 0.05) is 12.2 Å². The number of ether oxygens (including phenoxy) is 1. The number of nitrogens with one attached hydrogen (secondary N) is 1. The molecule has 0 bridgehead atoms. The molecule has 1 atom stereocenters. The number of aryl methyl sites for hydroxylation is 2. The van der Waals surface area contributed by atoms with Gasteiger partial charge in [-0.25, -0.2) is 4.98 Å². The third-order valence-electron chi connectivity index (χ3n) is 2.23. The lowest BCUT2D eigenvalue weighted by Gasteiger charge is -2.09. The lowest BCUT2D eigenvalue weighted by Crippen LogP contribution is -2.34. The molecule has 0 radical (unpaired) electrons. The first kappa shape index (κ1) is 14.9. The predicted octanol–water partition coefficient (Wildman–Crippen LogP) is 1.40. The summed E-state index contributed by atoms with van der Waals surface area (Å²) in [4.78, 5) is 27.2. The van der Waals surface area contributed by atoms with Crippen LogP contribution in [-0.2, 0) is 9.53 Å². The second kappa shape index (κ2) is 6.67. The lowest BCUT2D eigenvalue weighted by atomic mass is 10.2. The standard InChI is InChI=1S/C12H15IN2O3/c1-7-4-8(2)15-10(5-7)11(16)14-6-9(13)12(17)18-3/h4-5,9H,6H2,1-3H3,(H,14,16). The van der Waals surface area contributed by atoms with E-state index in [-0.39, 0.29) is 18.4 Å². The van der Waals surface area contributed by atoms with Gasteiger partial charge in [0.25, 0.3) is 5.91 Å². The van der Waals surface area contributed by atoms with Crippen LogP contribution in [0.25, 0.3) is 0 Å². The molecule has 6 heteroatoms. The Kier molecular flexibility index (Phi) is 5.52. The number of carbonyl (C=O) groups excluding carboxylic acids is 2. The maximum atomic E-state index is 11.8. The van der Waals surface area contributed by atoms with E-state index in [1.165, 1.54) is 7.11 Å². The number of hydrogen-bond donors (Lipinski definition) is 1. The largest absolute Gasteiger partial charge is 0.468 e. The van der Waals surface area contributed by atoms with E-state index >= 15 is 0 Å². The summed E-state index contributed by atoms with van der Waals surface area (Å²) in [6.45, 7) is 3.96. The zero-order chi connectivity index (χ0) is 13.7. The van der Waals surface area contributed by atoms with E-state index < -0.39 is 3.92 Å². The molecule has 1 amide bonds. The fourth-order valence-electron chi connectivity index (χ4n) is 1.44. The van der Waals surface area contributed by atoms with Gasteiger partial charge in [-0.15, -0.1) is 0 Å². The highest BCUT2D eigenvalue weighted by Gasteiger charge is 2.17. The summed E-state index contributed by atoms with van der Waals surface area (Å²) in [5.41, 5.74) is 2.13. The number of esters is 1. The summed E-state index contributed by atoms with van der Waals surface area (Å²) in [6, 6.07) is 3.61. The van der Waals surface area contributed by atoms with Gasteiger partial charge in [-0.05, 0) is 31.5 Å². The van der Waals surface area contributed by atoms with E-state index in [0.29, 0.717) is 5.69 Å². The van der Waals surface area contributed by atoms with Crippen molar-refractivity contribution in [3.8, 4) is 0 Å². The van der Waals surface area contributed by atoms with Gasteiger partial charge in [-0.2, -0.15) is 0 Å². The van der Waals surface area contributed by atoms with Gasteiger partial charge in [0.2, 0.25) is 0 Å². The van der Waals surface area contributed by atoms with Crippen LogP contribution in [0.2, 0.25) is 0 Å². The molecular formula is C12H15IN2O3. The second-order valence-electron chi connectivity index (χ2n) is 3.87. The van der Waals surface area contributed by atoms with Crippen LogP contribution in [0.3, 0.4) is 0 Å². The molecule has 1 unspecified atom stereocenters. The van der Waals surface area contributed by atoms with Crippen LogP contribution in [0.5, 0.6) is 0 Å². The minimum absolute atomic E-state index is 0.223. The quantitative estimate of drug-likeness (QED) is 0.500. The Bertz CT molecular complexity index is 442. The highest BCUT2D eigenvalue weighted by molar-refractivity contribution is 14.1. The Labute approximate surface area is 119 Å². The van der Waals surface area contributed by atoms with Crippen molar-refractivity contribution in [1.82, 2.24) is 10.3 Å². The lowest BCUT2D eigenvalue weighted by molar-refractivity contribution is -0.139. The average molecular weight is 362 g/mol. The monoisotopic (exact) mass is 362 g/mol. The Morgan fingerprint density at radius 1 is 1.44 bits per heavy atom. The maximum absolute atomic E-state index is 11.8. The van der Waals surface area contributed by atoms with Gasteiger partial charge in [0.1, 0.15) is 9.62 Å². The highest BCUT2D eigenvalue weighted by atomic mass is 127. The number of carbonyl (C=O) groups is 2. The number of methoxy groups -OCH3 is 1. The summed E-state index contributed by atoms with van der Waals surface area (Å²) in [5, 5.41) is 2.66. The van der Waals surface area contributed by atoms with Crippen LogP contribution in [0, 0.1) is 13.8 Å². The van der Waals surface area contributed by atoms with E-state index in [9.17, 15) is 9.59 Å². The number of hydrogen-bond acceptors (Lipinski definition) is 4. The van der Waals surface area contributed by atoms with Crippen LogP contribution in [-0.4, -0.2) is 34.4 Å². The third-order valence-corrected chi connectivity index (χ3v) is 3.18. The van der Waals surface area contributed by atoms with Gasteiger partial charge in [0.15, 0.2) is 0 Å². The zero-order valence-corrected chi connectivity index (χ0v) is 12.6. The van der Waals surface area contributed by atoms with Crippen molar-refractivity contribution in [2.45, 2.75) is 17.8 Å². The summed E-state index contributed by atoms with van der Waals surface area (Å²) in [5.74, 6) is -0.642. The molecule has 0 aliphatic carbocycles. The van der Waals surface area contributed by atoms with Crippen molar-refractivity contribution in [2.75, 3.05) is 13.7 Å². The molecule has 0 aliphatic heterocycles. The summed E-state index contributed by atoms with van der Waals surface area (Å²) in [6.07, 6.45) is 0. The van der Waals surface area contributed by atoms with Crippen molar-refractivity contribution in [3.63, 3.8) is 0 Å². The molecule has 98 valence electrons. The van der Waals surface area contributed by atoms with Gasteiger partial charge >= 0.3 is 5.97 Å². The Morgan fingerprint density at radius 2 is 2.11 bits per heavy atom. The van der Waals surface area contributed by atoms with E-state index in [1.807, 2.05) is 42.5 Å². The summed E-state index contributed by atoms with van der Waals surface area (Å²) < 4.78 is 4.17. The summed E-state index contributed by atoms with van der Waals surface area (Å²) in [7, 11) is 1.32. The molecule has 0 aliphatic rings. The SMILES string of the molecule is COC(=O)C(I)CNC(=O)c1cc(C)cc(C)n1. The molecule has 0 aromatic carbocycles. The topological polar surface area (TPSA) is 68.3 Å². The van der Waals surface area contributed by atoms with Crippen molar-refractivity contribution in [3.05, 3.63) is 29.1 Å². The average Bonchev–Trinajstić information content (AvgIpc) is 2.33. The smallest absolute Gasteiger partial charge is 0.320 e. The second-order valence-corrected chi connectivity index (χ2v) is 5.38. The molecule has 0 spiro atoms. The van der Waals surface area contributed by atoms with Crippen molar-refractivity contribution < 1.29 is 14.3 Å². The Balaban J connectivity index is 2.63. The van der Waals surface area contributed by atoms with E-state index in [1.54, 1.807) is 6.07 Å². The molecule has 18 heavy (non-hydrogen) atoms. The molecule has 0 fully saturated rings. The predicted molar refractivity (Wildman–Crippen MR) is 75.9 cm³/mol. The molecule has 0 saturated heterocycles. The van der Waals surface area contributed by atoms with Crippen LogP contribution < -0.4 is 5.32 Å². The molecule has 0 saturated carbocycles. The van der Waals surface area contributed by atoms with Crippen LogP contribution >= 0.6 is 22.6 Å².